The molecule has 2 heteroatoms. The summed E-state index contributed by atoms with van der Waals surface area (Å²) in [6, 6.07) is 0. The maximum Gasteiger partial charge on any atom is 0.130 e. The number of Topliss-reactive ketones (excluding diaryl/α,β-unsaturated/α-hetero) is 1. The molecule has 0 saturated carbocycles. The van der Waals surface area contributed by atoms with Crippen LogP contribution in [0.25, 0.3) is 0 Å². The first-order valence-electron chi connectivity index (χ1n) is 7.53. The van der Waals surface area contributed by atoms with Gasteiger partial charge < -0.3 is 9.90 Å². The van der Waals surface area contributed by atoms with E-state index < -0.39 is 0 Å². The molecular formula is C18H30O2. The molecule has 0 fully saturated rings. The number of aliphatic hydroxyl groups is 1. The highest BCUT2D eigenvalue weighted by Gasteiger charge is 2.00. The predicted octanol–water partition coefficient (Wildman–Crippen LogP) is 4.75. The Morgan fingerprint density at radius 3 is 2.05 bits per heavy atom. The zero-order chi connectivity index (χ0) is 15.4. The Bertz CT molecular complexity index is 369. The van der Waals surface area contributed by atoms with Gasteiger partial charge in [0.25, 0.3) is 0 Å². The minimum absolute atomic E-state index is 0.0660. The van der Waals surface area contributed by atoms with Crippen molar-refractivity contribution in [3.8, 4) is 0 Å². The van der Waals surface area contributed by atoms with Crippen LogP contribution in [0.2, 0.25) is 0 Å². The molecule has 0 atom stereocenters. The van der Waals surface area contributed by atoms with Crippen molar-refractivity contribution < 1.29 is 9.90 Å². The lowest BCUT2D eigenvalue weighted by atomic mass is 10.0. The number of allylic oxidation sites excluding steroid dienone is 5. The molecule has 1 N–H and O–H groups in total. The number of hydrogen-bond acceptors (Lipinski definition) is 2. The van der Waals surface area contributed by atoms with E-state index in [1.807, 2.05) is 6.08 Å². The lowest BCUT2D eigenvalue weighted by molar-refractivity contribution is -0.116. The van der Waals surface area contributed by atoms with Crippen molar-refractivity contribution >= 4 is 5.78 Å². The van der Waals surface area contributed by atoms with Gasteiger partial charge in [-0.1, -0.05) is 34.9 Å². The molecule has 0 aromatic carbocycles. The van der Waals surface area contributed by atoms with E-state index in [2.05, 4.69) is 32.9 Å². The van der Waals surface area contributed by atoms with Gasteiger partial charge in [0.2, 0.25) is 0 Å². The van der Waals surface area contributed by atoms with Crippen LogP contribution in [0, 0.1) is 0 Å². The minimum Gasteiger partial charge on any atom is -0.392 e. The summed E-state index contributed by atoms with van der Waals surface area (Å²) in [6.45, 7) is 8.10. The van der Waals surface area contributed by atoms with Crippen molar-refractivity contribution in [3.63, 3.8) is 0 Å². The fourth-order valence-electron chi connectivity index (χ4n) is 1.99. The van der Waals surface area contributed by atoms with Gasteiger partial charge in [0.05, 0.1) is 6.61 Å². The van der Waals surface area contributed by atoms with Crippen molar-refractivity contribution in [2.45, 2.75) is 66.2 Å². The molecule has 0 aliphatic heterocycles. The van der Waals surface area contributed by atoms with Crippen molar-refractivity contribution in [1.82, 2.24) is 0 Å². The summed E-state index contributed by atoms with van der Waals surface area (Å²) in [5.41, 5.74) is 3.98. The number of hydrogen-bond donors (Lipinski definition) is 1. The third kappa shape index (κ3) is 11.9. The van der Waals surface area contributed by atoms with Gasteiger partial charge in [-0.3, -0.25) is 0 Å². The van der Waals surface area contributed by atoms with Crippen LogP contribution >= 0.6 is 0 Å². The van der Waals surface area contributed by atoms with E-state index >= 15 is 0 Å². The molecular weight excluding hydrogens is 248 g/mol. The first-order valence-corrected chi connectivity index (χ1v) is 7.53. The molecule has 20 heavy (non-hydrogen) atoms. The molecule has 0 rings (SSSR count). The summed E-state index contributed by atoms with van der Waals surface area (Å²) >= 11 is 0. The summed E-state index contributed by atoms with van der Waals surface area (Å²) in [5, 5.41) is 9.00. The van der Waals surface area contributed by atoms with E-state index in [1.165, 1.54) is 16.7 Å². The Hall–Kier alpha value is -1.15. The van der Waals surface area contributed by atoms with Gasteiger partial charge >= 0.3 is 0 Å². The molecule has 0 aliphatic carbocycles. The van der Waals surface area contributed by atoms with E-state index in [1.54, 1.807) is 6.92 Å². The summed E-state index contributed by atoms with van der Waals surface area (Å²) in [7, 11) is 0. The Morgan fingerprint density at radius 2 is 1.50 bits per heavy atom. The first kappa shape index (κ1) is 18.9. The summed E-state index contributed by atoms with van der Waals surface area (Å²) in [6.07, 6.45) is 11.9. The number of carbonyl (C=O) groups is 1. The maximum absolute atomic E-state index is 11.0. The summed E-state index contributed by atoms with van der Waals surface area (Å²) < 4.78 is 0. The fourth-order valence-corrected chi connectivity index (χ4v) is 1.99. The largest absolute Gasteiger partial charge is 0.392 e. The number of carbonyl (C=O) groups excluding carboxylic acids is 1. The molecule has 2 nitrogen and oxygen atoms in total. The summed E-state index contributed by atoms with van der Waals surface area (Å²) in [5.74, 6) is 0.210. The van der Waals surface area contributed by atoms with Gasteiger partial charge in [0.1, 0.15) is 5.78 Å². The van der Waals surface area contributed by atoms with E-state index in [4.69, 9.17) is 5.11 Å². The molecule has 0 aromatic heterocycles. The third-order valence-corrected chi connectivity index (χ3v) is 3.23. The molecule has 0 saturated heterocycles. The highest BCUT2D eigenvalue weighted by Crippen LogP contribution is 2.15. The second-order valence-corrected chi connectivity index (χ2v) is 5.66. The molecule has 0 unspecified atom stereocenters. The van der Waals surface area contributed by atoms with Gasteiger partial charge in [-0.15, -0.1) is 0 Å². The lowest BCUT2D eigenvalue weighted by Gasteiger charge is -2.05. The van der Waals surface area contributed by atoms with Gasteiger partial charge in [0.15, 0.2) is 0 Å². The average Bonchev–Trinajstić information content (AvgIpc) is 2.35. The van der Waals surface area contributed by atoms with E-state index in [0.29, 0.717) is 6.42 Å². The number of rotatable bonds is 10. The van der Waals surface area contributed by atoms with Crippen molar-refractivity contribution in [2.24, 2.45) is 0 Å². The second-order valence-electron chi connectivity index (χ2n) is 5.66. The maximum atomic E-state index is 11.0. The molecule has 0 heterocycles. The monoisotopic (exact) mass is 278 g/mol. The van der Waals surface area contributed by atoms with Gasteiger partial charge in [0, 0.05) is 6.42 Å². The Kier molecular flexibility index (Phi) is 11.0. The van der Waals surface area contributed by atoms with Crippen LogP contribution in [0.15, 0.2) is 34.9 Å². The highest BCUT2D eigenvalue weighted by molar-refractivity contribution is 5.75. The van der Waals surface area contributed by atoms with Crippen LogP contribution in [0.1, 0.15) is 66.2 Å². The molecule has 0 bridgehead atoms. The Balaban J connectivity index is 4.11. The van der Waals surface area contributed by atoms with E-state index in [-0.39, 0.29) is 12.4 Å². The van der Waals surface area contributed by atoms with Crippen LogP contribution in [0.3, 0.4) is 0 Å². The summed E-state index contributed by atoms with van der Waals surface area (Å²) in [4.78, 5) is 11.0. The van der Waals surface area contributed by atoms with Gasteiger partial charge in [-0.05, 0) is 59.8 Å². The van der Waals surface area contributed by atoms with Crippen LogP contribution in [-0.4, -0.2) is 17.5 Å². The van der Waals surface area contributed by atoms with Crippen molar-refractivity contribution in [2.75, 3.05) is 6.61 Å². The lowest BCUT2D eigenvalue weighted by Crippen LogP contribution is -1.94. The standard InChI is InChI=1S/C18H30O2/c1-15(2)7-5-8-16(3)9-6-10-18(13-14-19)12-11-17(4)20/h7,9,13,19H,5-6,8,10-12,14H2,1-4H3. The zero-order valence-corrected chi connectivity index (χ0v) is 13.5. The molecule has 0 aliphatic rings. The van der Waals surface area contributed by atoms with Crippen LogP contribution < -0.4 is 0 Å². The Morgan fingerprint density at radius 1 is 0.850 bits per heavy atom. The van der Waals surface area contributed by atoms with Crippen molar-refractivity contribution in [3.05, 3.63) is 34.9 Å². The van der Waals surface area contributed by atoms with E-state index in [0.717, 1.165) is 32.1 Å². The molecule has 0 radical (unpaired) electrons. The number of ketones is 1. The molecule has 0 aromatic rings. The van der Waals surface area contributed by atoms with Gasteiger partial charge in [-0.25, -0.2) is 0 Å². The minimum atomic E-state index is 0.0660. The molecule has 0 amide bonds. The first-order chi connectivity index (χ1) is 9.45. The van der Waals surface area contributed by atoms with Crippen LogP contribution in [-0.2, 0) is 4.79 Å². The van der Waals surface area contributed by atoms with E-state index in [9.17, 15) is 4.79 Å². The molecule has 114 valence electrons. The average molecular weight is 278 g/mol. The van der Waals surface area contributed by atoms with Crippen LogP contribution in [0.5, 0.6) is 0 Å². The van der Waals surface area contributed by atoms with Gasteiger partial charge in [-0.2, -0.15) is 0 Å². The topological polar surface area (TPSA) is 37.3 Å². The zero-order valence-electron chi connectivity index (χ0n) is 13.5. The van der Waals surface area contributed by atoms with Crippen molar-refractivity contribution in [1.29, 1.82) is 0 Å². The normalized spacial score (nSPS) is 12.4. The van der Waals surface area contributed by atoms with Crippen LogP contribution in [0.4, 0.5) is 0 Å². The number of aliphatic hydroxyl groups excluding tert-OH is 1. The SMILES string of the molecule is CC(=O)CCC(=CCO)CCC=C(C)CCC=C(C)C. The fraction of sp³-hybridized carbons (Fsp3) is 0.611. The smallest absolute Gasteiger partial charge is 0.130 e. The molecule has 0 spiro atoms. The Labute approximate surface area is 124 Å². The second kappa shape index (κ2) is 11.7. The third-order valence-electron chi connectivity index (χ3n) is 3.23. The quantitative estimate of drug-likeness (QED) is 0.586. The highest BCUT2D eigenvalue weighted by atomic mass is 16.2. The predicted molar refractivity (Wildman–Crippen MR) is 86.7 cm³/mol.